The van der Waals surface area contributed by atoms with Crippen molar-refractivity contribution in [3.05, 3.63) is 54.2 Å². The molecule has 0 atom stereocenters. The normalized spacial score (nSPS) is 10.1. The van der Waals surface area contributed by atoms with E-state index in [9.17, 15) is 0 Å². The van der Waals surface area contributed by atoms with Crippen molar-refractivity contribution in [1.29, 1.82) is 0 Å². The lowest BCUT2D eigenvalue weighted by atomic mass is 10.4. The van der Waals surface area contributed by atoms with E-state index in [0.29, 0.717) is 0 Å². The van der Waals surface area contributed by atoms with E-state index in [2.05, 4.69) is 40.6 Å². The highest BCUT2D eigenvalue weighted by Gasteiger charge is 1.98. The third-order valence-corrected chi connectivity index (χ3v) is 3.24. The zero-order valence-corrected chi connectivity index (χ0v) is 10.00. The Balaban J connectivity index is 1.99. The van der Waals surface area contributed by atoms with Gasteiger partial charge in [-0.3, -0.25) is 0 Å². The maximum atomic E-state index is 4.47. The summed E-state index contributed by atoms with van der Waals surface area (Å²) in [7, 11) is 1.89. The molecule has 0 saturated heterocycles. The van der Waals surface area contributed by atoms with Gasteiger partial charge in [0, 0.05) is 17.7 Å². The number of benzene rings is 1. The number of pyridine rings is 1. The minimum absolute atomic E-state index is 0.902. The zero-order chi connectivity index (χ0) is 11.2. The van der Waals surface area contributed by atoms with Crippen LogP contribution in [0.3, 0.4) is 0 Å². The lowest BCUT2D eigenvalue weighted by Gasteiger charge is -2.03. The SMILES string of the molecule is CNc1cccc(CSc2ccccc2)n1. The summed E-state index contributed by atoms with van der Waals surface area (Å²) in [6.45, 7) is 0. The molecule has 1 aromatic carbocycles. The highest BCUT2D eigenvalue weighted by Crippen LogP contribution is 2.21. The van der Waals surface area contributed by atoms with Gasteiger partial charge in [-0.05, 0) is 24.3 Å². The number of aromatic nitrogens is 1. The van der Waals surface area contributed by atoms with Crippen molar-refractivity contribution in [2.24, 2.45) is 0 Å². The summed E-state index contributed by atoms with van der Waals surface area (Å²) >= 11 is 1.80. The molecule has 0 unspecified atom stereocenters. The molecule has 2 aromatic rings. The van der Waals surface area contributed by atoms with Crippen LogP contribution >= 0.6 is 11.8 Å². The first-order valence-electron chi connectivity index (χ1n) is 5.20. The molecule has 0 saturated carbocycles. The fourth-order valence-corrected chi connectivity index (χ4v) is 2.20. The van der Waals surface area contributed by atoms with Crippen LogP contribution in [0.2, 0.25) is 0 Å². The Morgan fingerprint density at radius 3 is 2.62 bits per heavy atom. The summed E-state index contributed by atoms with van der Waals surface area (Å²) in [6, 6.07) is 16.4. The van der Waals surface area contributed by atoms with Crippen molar-refractivity contribution in [3.63, 3.8) is 0 Å². The molecule has 82 valence electrons. The van der Waals surface area contributed by atoms with Crippen LogP contribution in [0.5, 0.6) is 0 Å². The molecule has 16 heavy (non-hydrogen) atoms. The van der Waals surface area contributed by atoms with E-state index in [1.54, 1.807) is 11.8 Å². The van der Waals surface area contributed by atoms with Crippen LogP contribution in [0.1, 0.15) is 5.69 Å². The van der Waals surface area contributed by atoms with Crippen LogP contribution in [0.15, 0.2) is 53.4 Å². The molecule has 1 aromatic heterocycles. The van der Waals surface area contributed by atoms with E-state index in [4.69, 9.17) is 0 Å². The summed E-state index contributed by atoms with van der Waals surface area (Å²) in [6.07, 6.45) is 0. The van der Waals surface area contributed by atoms with Gasteiger partial charge in [-0.2, -0.15) is 0 Å². The predicted molar refractivity (Wildman–Crippen MR) is 69.8 cm³/mol. The number of nitrogens with zero attached hydrogens (tertiary/aromatic N) is 1. The Morgan fingerprint density at radius 1 is 1.06 bits per heavy atom. The van der Waals surface area contributed by atoms with E-state index in [1.165, 1.54) is 4.90 Å². The van der Waals surface area contributed by atoms with Crippen LogP contribution in [0.25, 0.3) is 0 Å². The van der Waals surface area contributed by atoms with Crippen LogP contribution in [0, 0.1) is 0 Å². The van der Waals surface area contributed by atoms with E-state index >= 15 is 0 Å². The molecule has 0 bridgehead atoms. The van der Waals surface area contributed by atoms with Gasteiger partial charge < -0.3 is 5.32 Å². The molecule has 0 fully saturated rings. The summed E-state index contributed by atoms with van der Waals surface area (Å²) in [5, 5.41) is 3.05. The Labute approximate surface area is 100 Å². The number of anilines is 1. The van der Waals surface area contributed by atoms with Gasteiger partial charge in [-0.25, -0.2) is 4.98 Å². The van der Waals surface area contributed by atoms with E-state index in [-0.39, 0.29) is 0 Å². The summed E-state index contributed by atoms with van der Waals surface area (Å²) < 4.78 is 0. The second-order valence-electron chi connectivity index (χ2n) is 3.37. The molecule has 1 heterocycles. The standard InChI is InChI=1S/C13H14N2S/c1-14-13-9-5-6-11(15-13)10-16-12-7-3-2-4-8-12/h2-9H,10H2,1H3,(H,14,15). The van der Waals surface area contributed by atoms with Crippen molar-refractivity contribution in [3.8, 4) is 0 Å². The smallest absolute Gasteiger partial charge is 0.125 e. The molecule has 2 rings (SSSR count). The molecule has 0 aliphatic heterocycles. The monoisotopic (exact) mass is 230 g/mol. The van der Waals surface area contributed by atoms with Crippen LogP contribution in [-0.2, 0) is 5.75 Å². The lowest BCUT2D eigenvalue weighted by Crippen LogP contribution is -1.94. The van der Waals surface area contributed by atoms with E-state index < -0.39 is 0 Å². The summed E-state index contributed by atoms with van der Waals surface area (Å²) in [5.74, 6) is 1.82. The summed E-state index contributed by atoms with van der Waals surface area (Å²) in [4.78, 5) is 5.75. The average molecular weight is 230 g/mol. The molecule has 2 nitrogen and oxygen atoms in total. The van der Waals surface area contributed by atoms with Crippen LogP contribution in [0.4, 0.5) is 5.82 Å². The maximum absolute atomic E-state index is 4.47. The maximum Gasteiger partial charge on any atom is 0.125 e. The van der Waals surface area contributed by atoms with Crippen molar-refractivity contribution < 1.29 is 0 Å². The Hall–Kier alpha value is -1.48. The largest absolute Gasteiger partial charge is 0.373 e. The fourth-order valence-electron chi connectivity index (χ4n) is 1.37. The summed E-state index contributed by atoms with van der Waals surface area (Å²) in [5.41, 5.74) is 1.10. The molecule has 0 radical (unpaired) electrons. The second-order valence-corrected chi connectivity index (χ2v) is 4.41. The average Bonchev–Trinajstić information content (AvgIpc) is 2.38. The van der Waals surface area contributed by atoms with Gasteiger partial charge >= 0.3 is 0 Å². The number of nitrogens with one attached hydrogen (secondary N) is 1. The highest BCUT2D eigenvalue weighted by atomic mass is 32.2. The van der Waals surface area contributed by atoms with Gasteiger partial charge in [0.25, 0.3) is 0 Å². The number of thioether (sulfide) groups is 1. The minimum Gasteiger partial charge on any atom is -0.373 e. The third kappa shape index (κ3) is 3.00. The molecule has 1 N–H and O–H groups in total. The van der Waals surface area contributed by atoms with Crippen LogP contribution < -0.4 is 5.32 Å². The van der Waals surface area contributed by atoms with Gasteiger partial charge in [0.05, 0.1) is 5.69 Å². The first-order valence-corrected chi connectivity index (χ1v) is 6.18. The van der Waals surface area contributed by atoms with Gasteiger partial charge in [0.2, 0.25) is 0 Å². The predicted octanol–water partition coefficient (Wildman–Crippen LogP) is 3.42. The van der Waals surface area contributed by atoms with E-state index in [0.717, 1.165) is 17.3 Å². The van der Waals surface area contributed by atoms with Gasteiger partial charge in [-0.15, -0.1) is 11.8 Å². The topological polar surface area (TPSA) is 24.9 Å². The Kier molecular flexibility index (Phi) is 3.83. The van der Waals surface area contributed by atoms with Crippen molar-refractivity contribution >= 4 is 17.6 Å². The first kappa shape index (κ1) is 11.0. The Morgan fingerprint density at radius 2 is 1.88 bits per heavy atom. The quantitative estimate of drug-likeness (QED) is 0.815. The third-order valence-electron chi connectivity index (χ3n) is 2.19. The van der Waals surface area contributed by atoms with Crippen molar-refractivity contribution in [2.45, 2.75) is 10.6 Å². The zero-order valence-electron chi connectivity index (χ0n) is 9.18. The molecular weight excluding hydrogens is 216 g/mol. The molecular formula is C13H14N2S. The van der Waals surface area contributed by atoms with Gasteiger partial charge in [0.1, 0.15) is 5.82 Å². The number of rotatable bonds is 4. The molecule has 3 heteroatoms. The van der Waals surface area contributed by atoms with Crippen molar-refractivity contribution in [2.75, 3.05) is 12.4 Å². The van der Waals surface area contributed by atoms with Gasteiger partial charge in [-0.1, -0.05) is 24.3 Å². The second kappa shape index (κ2) is 5.56. The molecule has 0 aliphatic rings. The van der Waals surface area contributed by atoms with Crippen molar-refractivity contribution in [1.82, 2.24) is 4.98 Å². The molecule has 0 amide bonds. The molecule has 0 spiro atoms. The first-order chi connectivity index (χ1) is 7.88. The lowest BCUT2D eigenvalue weighted by molar-refractivity contribution is 1.16. The fraction of sp³-hybridized carbons (Fsp3) is 0.154. The van der Waals surface area contributed by atoms with Crippen LogP contribution in [-0.4, -0.2) is 12.0 Å². The number of hydrogen-bond acceptors (Lipinski definition) is 3. The van der Waals surface area contributed by atoms with E-state index in [1.807, 2.05) is 25.2 Å². The highest BCUT2D eigenvalue weighted by molar-refractivity contribution is 7.98. The molecule has 0 aliphatic carbocycles. The minimum atomic E-state index is 0.902. The number of hydrogen-bond donors (Lipinski definition) is 1. The van der Waals surface area contributed by atoms with Gasteiger partial charge in [0.15, 0.2) is 0 Å². The Bertz CT molecular complexity index is 443.